The fraction of sp³-hybridized carbons (Fsp3) is 0.632. The summed E-state index contributed by atoms with van der Waals surface area (Å²) >= 11 is 0. The van der Waals surface area contributed by atoms with Crippen LogP contribution in [-0.4, -0.2) is 50.8 Å². The molecule has 1 atom stereocenters. The Morgan fingerprint density at radius 1 is 1.25 bits per heavy atom. The zero-order chi connectivity index (χ0) is 16.8. The van der Waals surface area contributed by atoms with Gasteiger partial charge in [0.25, 0.3) is 0 Å². The van der Waals surface area contributed by atoms with Crippen LogP contribution < -0.4 is 10.1 Å². The molecular formula is C19H28N2O3. The van der Waals surface area contributed by atoms with Crippen LogP contribution in [0.1, 0.15) is 37.3 Å². The minimum Gasteiger partial charge on any atom is -0.497 e. The first-order valence-corrected chi connectivity index (χ1v) is 9.01. The Balaban J connectivity index is 1.67. The quantitative estimate of drug-likeness (QED) is 0.869. The van der Waals surface area contributed by atoms with Gasteiger partial charge >= 0.3 is 0 Å². The Labute approximate surface area is 144 Å². The smallest absolute Gasteiger partial charge is 0.223 e. The largest absolute Gasteiger partial charge is 0.497 e. The number of hydrogen-bond acceptors (Lipinski definition) is 4. The lowest BCUT2D eigenvalue weighted by Crippen LogP contribution is -2.44. The number of hydrogen-bond donors (Lipinski definition) is 1. The minimum absolute atomic E-state index is 0.185. The average Bonchev–Trinajstić information content (AvgIpc) is 3.18. The van der Waals surface area contributed by atoms with Gasteiger partial charge < -0.3 is 14.8 Å². The molecule has 1 saturated carbocycles. The van der Waals surface area contributed by atoms with E-state index >= 15 is 0 Å². The van der Waals surface area contributed by atoms with E-state index in [4.69, 9.17) is 9.47 Å². The third kappa shape index (κ3) is 4.28. The molecule has 5 nitrogen and oxygen atoms in total. The van der Waals surface area contributed by atoms with Crippen molar-refractivity contribution in [3.05, 3.63) is 29.8 Å². The average molecular weight is 332 g/mol. The molecule has 24 heavy (non-hydrogen) atoms. The number of rotatable bonds is 6. The Kier molecular flexibility index (Phi) is 6.10. The summed E-state index contributed by atoms with van der Waals surface area (Å²) in [6.45, 7) is 3.96. The third-order valence-corrected chi connectivity index (χ3v) is 5.18. The number of ether oxygens (including phenoxy) is 2. The molecule has 0 radical (unpaired) electrons. The van der Waals surface area contributed by atoms with E-state index in [-0.39, 0.29) is 17.9 Å². The highest BCUT2D eigenvalue weighted by Crippen LogP contribution is 2.26. The van der Waals surface area contributed by atoms with Crippen LogP contribution in [0.15, 0.2) is 24.3 Å². The summed E-state index contributed by atoms with van der Waals surface area (Å²) in [5, 5.41) is 3.20. The van der Waals surface area contributed by atoms with Gasteiger partial charge in [-0.05, 0) is 30.5 Å². The van der Waals surface area contributed by atoms with Gasteiger partial charge in [-0.2, -0.15) is 0 Å². The molecule has 0 spiro atoms. The van der Waals surface area contributed by atoms with Crippen molar-refractivity contribution in [2.45, 2.75) is 31.7 Å². The van der Waals surface area contributed by atoms with Gasteiger partial charge in [0, 0.05) is 25.6 Å². The van der Waals surface area contributed by atoms with Crippen LogP contribution in [-0.2, 0) is 9.53 Å². The maximum atomic E-state index is 12.4. The molecule has 0 aromatic heterocycles. The second-order valence-electron chi connectivity index (χ2n) is 6.66. The molecule has 132 valence electrons. The summed E-state index contributed by atoms with van der Waals surface area (Å²) in [5.74, 6) is 1.29. The molecule has 1 aliphatic heterocycles. The van der Waals surface area contributed by atoms with Crippen LogP contribution in [0, 0.1) is 5.92 Å². The maximum absolute atomic E-state index is 12.4. The molecule has 0 bridgehead atoms. The van der Waals surface area contributed by atoms with E-state index in [1.807, 2.05) is 12.1 Å². The zero-order valence-electron chi connectivity index (χ0n) is 14.5. The van der Waals surface area contributed by atoms with Crippen molar-refractivity contribution in [2.24, 2.45) is 5.92 Å². The van der Waals surface area contributed by atoms with Crippen LogP contribution in [0.2, 0.25) is 0 Å². The molecule has 3 rings (SSSR count). The van der Waals surface area contributed by atoms with Gasteiger partial charge in [0.2, 0.25) is 5.91 Å². The molecular weight excluding hydrogens is 304 g/mol. The van der Waals surface area contributed by atoms with E-state index in [0.717, 1.165) is 44.9 Å². The lowest BCUT2D eigenvalue weighted by molar-refractivity contribution is -0.125. The molecule has 2 fully saturated rings. The monoisotopic (exact) mass is 332 g/mol. The molecule has 1 aromatic rings. The molecule has 1 heterocycles. The fourth-order valence-corrected chi connectivity index (χ4v) is 3.70. The first kappa shape index (κ1) is 17.2. The van der Waals surface area contributed by atoms with Gasteiger partial charge in [-0.25, -0.2) is 0 Å². The summed E-state index contributed by atoms with van der Waals surface area (Å²) in [5.41, 5.74) is 1.21. The van der Waals surface area contributed by atoms with Gasteiger partial charge in [-0.3, -0.25) is 9.69 Å². The third-order valence-electron chi connectivity index (χ3n) is 5.18. The number of carbonyl (C=O) groups excluding carboxylic acids is 1. The predicted molar refractivity (Wildman–Crippen MR) is 93.1 cm³/mol. The van der Waals surface area contributed by atoms with E-state index in [9.17, 15) is 4.79 Å². The number of nitrogens with zero attached hydrogens (tertiary/aromatic N) is 1. The number of benzene rings is 1. The fourth-order valence-electron chi connectivity index (χ4n) is 3.70. The van der Waals surface area contributed by atoms with E-state index in [1.165, 1.54) is 18.4 Å². The van der Waals surface area contributed by atoms with Crippen LogP contribution in [0.4, 0.5) is 0 Å². The Bertz CT molecular complexity index is 520. The molecule has 1 aromatic carbocycles. The van der Waals surface area contributed by atoms with Gasteiger partial charge in [0.15, 0.2) is 0 Å². The van der Waals surface area contributed by atoms with E-state index in [0.29, 0.717) is 6.54 Å². The van der Waals surface area contributed by atoms with Gasteiger partial charge in [-0.15, -0.1) is 0 Å². The number of carbonyl (C=O) groups is 1. The first-order chi connectivity index (χ1) is 11.8. The van der Waals surface area contributed by atoms with Crippen molar-refractivity contribution in [3.8, 4) is 5.75 Å². The second kappa shape index (κ2) is 8.49. The summed E-state index contributed by atoms with van der Waals surface area (Å²) < 4.78 is 10.7. The molecule has 1 aliphatic carbocycles. The molecule has 1 N–H and O–H groups in total. The van der Waals surface area contributed by atoms with E-state index < -0.39 is 0 Å². The van der Waals surface area contributed by atoms with E-state index in [1.54, 1.807) is 7.11 Å². The first-order valence-electron chi connectivity index (χ1n) is 9.01. The Hall–Kier alpha value is -1.59. The predicted octanol–water partition coefficient (Wildman–Crippen LogP) is 2.37. The number of amides is 1. The van der Waals surface area contributed by atoms with Crippen molar-refractivity contribution >= 4 is 5.91 Å². The van der Waals surface area contributed by atoms with Gasteiger partial charge in [0.05, 0.1) is 26.4 Å². The number of methoxy groups -OCH3 is 1. The Morgan fingerprint density at radius 2 is 1.92 bits per heavy atom. The second-order valence-corrected chi connectivity index (χ2v) is 6.66. The number of morpholine rings is 1. The van der Waals surface area contributed by atoms with Crippen LogP contribution in [0.3, 0.4) is 0 Å². The summed E-state index contributed by atoms with van der Waals surface area (Å²) in [4.78, 5) is 14.8. The van der Waals surface area contributed by atoms with Crippen molar-refractivity contribution in [1.82, 2.24) is 10.2 Å². The lowest BCUT2D eigenvalue weighted by Gasteiger charge is -2.35. The number of nitrogens with one attached hydrogen (secondary N) is 1. The molecule has 0 unspecified atom stereocenters. The van der Waals surface area contributed by atoms with E-state index in [2.05, 4.69) is 22.3 Å². The highest BCUT2D eigenvalue weighted by atomic mass is 16.5. The molecule has 1 saturated heterocycles. The van der Waals surface area contributed by atoms with Crippen LogP contribution in [0.25, 0.3) is 0 Å². The molecule has 1 amide bonds. The van der Waals surface area contributed by atoms with Crippen molar-refractivity contribution < 1.29 is 14.3 Å². The van der Waals surface area contributed by atoms with Crippen LogP contribution >= 0.6 is 0 Å². The summed E-state index contributed by atoms with van der Waals surface area (Å²) in [6.07, 6.45) is 4.44. The van der Waals surface area contributed by atoms with Gasteiger partial charge in [-0.1, -0.05) is 25.0 Å². The van der Waals surface area contributed by atoms with Crippen molar-refractivity contribution in [2.75, 3.05) is 40.0 Å². The lowest BCUT2D eigenvalue weighted by atomic mass is 10.0. The van der Waals surface area contributed by atoms with Crippen LogP contribution in [0.5, 0.6) is 5.75 Å². The standard InChI is InChI=1S/C19H28N2O3/c1-23-17-8-6-15(7-9-17)18(21-10-12-24-13-11-21)14-20-19(22)16-4-2-3-5-16/h6-9,16,18H,2-5,10-14H2,1H3,(H,20,22)/t18-/m1/s1. The Morgan fingerprint density at radius 3 is 2.54 bits per heavy atom. The summed E-state index contributed by atoms with van der Waals surface area (Å²) in [6, 6.07) is 8.36. The molecule has 2 aliphatic rings. The summed E-state index contributed by atoms with van der Waals surface area (Å²) in [7, 11) is 1.68. The zero-order valence-corrected chi connectivity index (χ0v) is 14.5. The van der Waals surface area contributed by atoms with Crippen molar-refractivity contribution in [3.63, 3.8) is 0 Å². The highest BCUT2D eigenvalue weighted by molar-refractivity contribution is 5.78. The highest BCUT2D eigenvalue weighted by Gasteiger charge is 2.26. The van der Waals surface area contributed by atoms with Crippen molar-refractivity contribution in [1.29, 1.82) is 0 Å². The normalized spacial score (nSPS) is 20.7. The maximum Gasteiger partial charge on any atom is 0.223 e. The topological polar surface area (TPSA) is 50.8 Å². The minimum atomic E-state index is 0.185. The SMILES string of the molecule is COc1ccc([C@@H](CNC(=O)C2CCCC2)N2CCOCC2)cc1. The van der Waals surface area contributed by atoms with Gasteiger partial charge in [0.1, 0.15) is 5.75 Å². The molecule has 5 heteroatoms.